The van der Waals surface area contributed by atoms with Crippen LogP contribution in [0.2, 0.25) is 0 Å². The first-order valence-electron chi connectivity index (χ1n) is 7.05. The Bertz CT molecular complexity index is 677. The summed E-state index contributed by atoms with van der Waals surface area (Å²) >= 11 is 0. The monoisotopic (exact) mass is 301 g/mol. The van der Waals surface area contributed by atoms with Crippen molar-refractivity contribution in [1.29, 1.82) is 0 Å². The van der Waals surface area contributed by atoms with Crippen LogP contribution in [-0.2, 0) is 4.79 Å². The summed E-state index contributed by atoms with van der Waals surface area (Å²) in [5.74, 6) is -1.74. The molecule has 1 atom stereocenters. The van der Waals surface area contributed by atoms with Gasteiger partial charge in [0.25, 0.3) is 5.91 Å². The molecule has 2 aromatic rings. The largest absolute Gasteiger partial charge is 0.480 e. The number of nitrogens with zero attached hydrogens (tertiary/aromatic N) is 2. The molecule has 0 unspecified atom stereocenters. The van der Waals surface area contributed by atoms with E-state index in [0.717, 1.165) is 5.69 Å². The Kier molecular flexibility index (Phi) is 4.60. The number of aryl methyl sites for hydroxylation is 1. The normalized spacial score (nSPS) is 12.2. The molecule has 0 radical (unpaired) electrons. The standard InChI is InChI=1S/C16H19N3O3/c1-10(2)13(16(21)22)17-15(20)14-11(3)9-19(18-14)12-7-5-4-6-8-12/h4-10,13H,1-3H3,(H,17,20)(H,21,22)/t13-/m1/s1. The van der Waals surface area contributed by atoms with E-state index in [0.29, 0.717) is 5.56 Å². The van der Waals surface area contributed by atoms with Gasteiger partial charge in [0.05, 0.1) is 5.69 Å². The number of carbonyl (C=O) groups excluding carboxylic acids is 1. The molecule has 22 heavy (non-hydrogen) atoms. The van der Waals surface area contributed by atoms with Crippen LogP contribution in [0.5, 0.6) is 0 Å². The van der Waals surface area contributed by atoms with E-state index in [1.807, 2.05) is 30.3 Å². The van der Waals surface area contributed by atoms with Gasteiger partial charge in [-0.15, -0.1) is 0 Å². The summed E-state index contributed by atoms with van der Waals surface area (Å²) in [4.78, 5) is 23.5. The van der Waals surface area contributed by atoms with Crippen molar-refractivity contribution in [2.24, 2.45) is 5.92 Å². The fraction of sp³-hybridized carbons (Fsp3) is 0.312. The molecule has 2 rings (SSSR count). The number of hydrogen-bond donors (Lipinski definition) is 2. The molecule has 0 aliphatic carbocycles. The lowest BCUT2D eigenvalue weighted by molar-refractivity contribution is -0.140. The summed E-state index contributed by atoms with van der Waals surface area (Å²) in [6.07, 6.45) is 1.75. The number of carboxylic acids is 1. The minimum atomic E-state index is -1.05. The van der Waals surface area contributed by atoms with Crippen molar-refractivity contribution in [3.63, 3.8) is 0 Å². The summed E-state index contributed by atoms with van der Waals surface area (Å²) in [5, 5.41) is 15.9. The molecule has 0 saturated heterocycles. The third kappa shape index (κ3) is 3.33. The third-order valence-corrected chi connectivity index (χ3v) is 3.35. The zero-order valence-electron chi connectivity index (χ0n) is 12.8. The number of aromatic nitrogens is 2. The number of amides is 1. The van der Waals surface area contributed by atoms with Crippen LogP contribution in [0, 0.1) is 12.8 Å². The van der Waals surface area contributed by atoms with Crippen molar-refractivity contribution in [2.45, 2.75) is 26.8 Å². The maximum atomic E-state index is 12.3. The Morgan fingerprint density at radius 3 is 2.41 bits per heavy atom. The zero-order valence-corrected chi connectivity index (χ0v) is 12.8. The number of hydrogen-bond acceptors (Lipinski definition) is 3. The van der Waals surface area contributed by atoms with Crippen LogP contribution < -0.4 is 5.32 Å². The summed E-state index contributed by atoms with van der Waals surface area (Å²) < 4.78 is 1.61. The van der Waals surface area contributed by atoms with Gasteiger partial charge in [0, 0.05) is 11.8 Å². The number of nitrogens with one attached hydrogen (secondary N) is 1. The van der Waals surface area contributed by atoms with Gasteiger partial charge in [-0.1, -0.05) is 32.0 Å². The predicted molar refractivity (Wildman–Crippen MR) is 82.0 cm³/mol. The first-order chi connectivity index (χ1) is 10.4. The Hall–Kier alpha value is -2.63. The molecule has 0 fully saturated rings. The lowest BCUT2D eigenvalue weighted by atomic mass is 10.0. The van der Waals surface area contributed by atoms with Crippen LogP contribution in [0.25, 0.3) is 5.69 Å². The molecular formula is C16H19N3O3. The van der Waals surface area contributed by atoms with Gasteiger partial charge in [-0.2, -0.15) is 5.10 Å². The van der Waals surface area contributed by atoms with Crippen LogP contribution in [0.1, 0.15) is 29.9 Å². The van der Waals surface area contributed by atoms with E-state index < -0.39 is 17.9 Å². The first kappa shape index (κ1) is 15.8. The lowest BCUT2D eigenvalue weighted by Gasteiger charge is -2.17. The first-order valence-corrected chi connectivity index (χ1v) is 7.05. The van der Waals surface area contributed by atoms with Crippen LogP contribution in [0.15, 0.2) is 36.5 Å². The topological polar surface area (TPSA) is 84.2 Å². The molecule has 6 heteroatoms. The van der Waals surface area contributed by atoms with Crippen molar-refractivity contribution in [1.82, 2.24) is 15.1 Å². The third-order valence-electron chi connectivity index (χ3n) is 3.35. The molecule has 0 bridgehead atoms. The fourth-order valence-electron chi connectivity index (χ4n) is 2.12. The van der Waals surface area contributed by atoms with E-state index in [1.165, 1.54) is 0 Å². The number of carbonyl (C=O) groups is 2. The summed E-state index contributed by atoms with van der Waals surface area (Å²) in [6, 6.07) is 8.48. The van der Waals surface area contributed by atoms with Gasteiger partial charge in [0.2, 0.25) is 0 Å². The highest BCUT2D eigenvalue weighted by atomic mass is 16.4. The molecular weight excluding hydrogens is 282 g/mol. The number of aliphatic carboxylic acids is 1. The highest BCUT2D eigenvalue weighted by molar-refractivity contribution is 5.96. The lowest BCUT2D eigenvalue weighted by Crippen LogP contribution is -2.44. The summed E-state index contributed by atoms with van der Waals surface area (Å²) in [5.41, 5.74) is 1.76. The Labute approximate surface area is 128 Å². The molecule has 0 aliphatic heterocycles. The fourth-order valence-corrected chi connectivity index (χ4v) is 2.12. The van der Waals surface area contributed by atoms with E-state index in [-0.39, 0.29) is 11.6 Å². The molecule has 6 nitrogen and oxygen atoms in total. The van der Waals surface area contributed by atoms with Gasteiger partial charge in [-0.25, -0.2) is 9.48 Å². The Morgan fingerprint density at radius 2 is 1.86 bits per heavy atom. The highest BCUT2D eigenvalue weighted by Gasteiger charge is 2.25. The second-order valence-corrected chi connectivity index (χ2v) is 5.47. The smallest absolute Gasteiger partial charge is 0.326 e. The van der Waals surface area contributed by atoms with Gasteiger partial charge in [-0.05, 0) is 25.0 Å². The molecule has 1 aromatic carbocycles. The van der Waals surface area contributed by atoms with Crippen LogP contribution in [-0.4, -0.2) is 32.8 Å². The molecule has 2 N–H and O–H groups in total. The molecule has 116 valence electrons. The van der Waals surface area contributed by atoms with Crippen LogP contribution in [0.3, 0.4) is 0 Å². The molecule has 0 aliphatic rings. The van der Waals surface area contributed by atoms with Crippen molar-refractivity contribution in [3.8, 4) is 5.69 Å². The van der Waals surface area contributed by atoms with Crippen LogP contribution in [0.4, 0.5) is 0 Å². The van der Waals surface area contributed by atoms with Gasteiger partial charge in [0.1, 0.15) is 6.04 Å². The molecule has 1 aromatic heterocycles. The average Bonchev–Trinajstić information content (AvgIpc) is 2.87. The van der Waals surface area contributed by atoms with E-state index in [2.05, 4.69) is 10.4 Å². The Balaban J connectivity index is 2.24. The number of benzene rings is 1. The van der Waals surface area contributed by atoms with Crippen molar-refractivity contribution in [3.05, 3.63) is 47.8 Å². The number of carboxylic acid groups (broad SMARTS) is 1. The average molecular weight is 301 g/mol. The highest BCUT2D eigenvalue weighted by Crippen LogP contribution is 2.12. The molecule has 0 saturated carbocycles. The summed E-state index contributed by atoms with van der Waals surface area (Å²) in [7, 11) is 0. The van der Waals surface area contributed by atoms with Gasteiger partial charge in [0.15, 0.2) is 5.69 Å². The van der Waals surface area contributed by atoms with Crippen molar-refractivity contribution in [2.75, 3.05) is 0 Å². The summed E-state index contributed by atoms with van der Waals surface area (Å²) in [6.45, 7) is 5.26. The SMILES string of the molecule is Cc1cn(-c2ccccc2)nc1C(=O)N[C@@H](C(=O)O)C(C)C. The Morgan fingerprint density at radius 1 is 1.23 bits per heavy atom. The van der Waals surface area contributed by atoms with E-state index in [1.54, 1.807) is 31.6 Å². The molecule has 0 spiro atoms. The minimum absolute atomic E-state index is 0.210. The van der Waals surface area contributed by atoms with Gasteiger partial charge >= 0.3 is 5.97 Å². The van der Waals surface area contributed by atoms with E-state index in [4.69, 9.17) is 5.11 Å². The van der Waals surface area contributed by atoms with Crippen molar-refractivity contribution >= 4 is 11.9 Å². The maximum absolute atomic E-state index is 12.3. The van der Waals surface area contributed by atoms with E-state index >= 15 is 0 Å². The van der Waals surface area contributed by atoms with Crippen molar-refractivity contribution < 1.29 is 14.7 Å². The number of rotatable bonds is 5. The number of para-hydroxylation sites is 1. The molecule has 1 heterocycles. The second kappa shape index (κ2) is 6.43. The maximum Gasteiger partial charge on any atom is 0.326 e. The second-order valence-electron chi connectivity index (χ2n) is 5.47. The van der Waals surface area contributed by atoms with Gasteiger partial charge in [-0.3, -0.25) is 4.79 Å². The predicted octanol–water partition coefficient (Wildman–Crippen LogP) is 2.02. The molecule has 1 amide bonds. The quantitative estimate of drug-likeness (QED) is 0.885. The van der Waals surface area contributed by atoms with Crippen LogP contribution >= 0.6 is 0 Å². The zero-order chi connectivity index (χ0) is 16.3. The van der Waals surface area contributed by atoms with Gasteiger partial charge < -0.3 is 10.4 Å². The minimum Gasteiger partial charge on any atom is -0.480 e. The van der Waals surface area contributed by atoms with E-state index in [9.17, 15) is 9.59 Å².